The number of fused-ring (bicyclic) bond motifs is 1. The number of alkyl halides is 1. The molecule has 1 amide bonds. The van der Waals surface area contributed by atoms with Crippen molar-refractivity contribution in [2.45, 2.75) is 4.90 Å². The van der Waals surface area contributed by atoms with E-state index in [2.05, 4.69) is 0 Å². The van der Waals surface area contributed by atoms with Crippen molar-refractivity contribution in [1.82, 2.24) is 0 Å². The summed E-state index contributed by atoms with van der Waals surface area (Å²) in [6.45, 7) is 0.297. The number of anilines is 1. The lowest BCUT2D eigenvalue weighted by atomic mass is 10.3. The van der Waals surface area contributed by atoms with Crippen molar-refractivity contribution in [3.63, 3.8) is 0 Å². The molecule has 0 saturated carbocycles. The molecule has 1 aromatic rings. The topological polar surface area (TPSA) is 60.8 Å². The number of hydrogen-bond acceptors (Lipinski definition) is 3. The van der Waals surface area contributed by atoms with Crippen LogP contribution in [0.15, 0.2) is 29.2 Å². The molecule has 1 heterocycles. The maximum atomic E-state index is 11.6. The van der Waals surface area contributed by atoms with Crippen LogP contribution >= 0.6 is 22.2 Å². The monoisotopic (exact) mass is 261 g/mol. The number of para-hydroxylation sites is 1. The van der Waals surface area contributed by atoms with E-state index < -0.39 is 10.6 Å². The van der Waals surface area contributed by atoms with Crippen LogP contribution in [-0.4, -0.2) is 33.2 Å². The van der Waals surface area contributed by atoms with Gasteiger partial charge in [0.2, 0.25) is 5.91 Å². The summed E-state index contributed by atoms with van der Waals surface area (Å²) in [5, 5.41) is 0. The van der Waals surface area contributed by atoms with Crippen molar-refractivity contribution < 1.29 is 13.9 Å². The first kappa shape index (κ1) is 11.7. The Labute approximate surface area is 100 Å². The summed E-state index contributed by atoms with van der Waals surface area (Å²) >= 11 is 5.51. The minimum Gasteiger partial charge on any atom is -0.308 e. The molecule has 0 radical (unpaired) electrons. The lowest BCUT2D eigenvalue weighted by Gasteiger charge is -2.42. The third kappa shape index (κ3) is 1.91. The summed E-state index contributed by atoms with van der Waals surface area (Å²) in [6, 6.07) is 6.82. The normalized spacial score (nSPS) is 20.1. The van der Waals surface area contributed by atoms with E-state index in [4.69, 9.17) is 11.6 Å². The van der Waals surface area contributed by atoms with Crippen LogP contribution in [0.1, 0.15) is 0 Å². The van der Waals surface area contributed by atoms with Gasteiger partial charge < -0.3 is 4.90 Å². The molecule has 0 saturated heterocycles. The lowest BCUT2D eigenvalue weighted by Crippen LogP contribution is -2.39. The number of hydrogen-bond donors (Lipinski definition) is 2. The van der Waals surface area contributed by atoms with Crippen LogP contribution in [0.5, 0.6) is 0 Å². The minimum absolute atomic E-state index is 0.104. The van der Waals surface area contributed by atoms with E-state index in [1.807, 2.05) is 0 Å². The summed E-state index contributed by atoms with van der Waals surface area (Å²) in [5.74, 6) is -0.149. The van der Waals surface area contributed by atoms with Crippen molar-refractivity contribution in [1.29, 1.82) is 0 Å². The first-order valence-corrected chi connectivity index (χ1v) is 7.02. The minimum atomic E-state index is -2.75. The van der Waals surface area contributed by atoms with E-state index in [1.165, 1.54) is 4.90 Å². The van der Waals surface area contributed by atoms with Gasteiger partial charge in [-0.1, -0.05) is 12.1 Å². The summed E-state index contributed by atoms with van der Waals surface area (Å²) < 4.78 is 19.7. The quantitative estimate of drug-likeness (QED) is 0.763. The Hall–Kier alpha value is -0.750. The highest BCUT2D eigenvalue weighted by molar-refractivity contribution is 8.24. The van der Waals surface area contributed by atoms with Crippen LogP contribution in [0.25, 0.3) is 0 Å². The van der Waals surface area contributed by atoms with Gasteiger partial charge in [0.25, 0.3) is 0 Å². The van der Waals surface area contributed by atoms with Crippen LogP contribution in [0.2, 0.25) is 0 Å². The van der Waals surface area contributed by atoms with Gasteiger partial charge in [-0.3, -0.25) is 13.9 Å². The lowest BCUT2D eigenvalue weighted by molar-refractivity contribution is -0.116. The molecule has 2 N–H and O–H groups in total. The van der Waals surface area contributed by atoms with Crippen LogP contribution in [-0.2, 0) is 4.79 Å². The summed E-state index contributed by atoms with van der Waals surface area (Å²) in [7, 11) is -2.75. The molecule has 16 heavy (non-hydrogen) atoms. The van der Waals surface area contributed by atoms with Gasteiger partial charge in [0.15, 0.2) is 0 Å². The van der Waals surface area contributed by atoms with Gasteiger partial charge in [-0.05, 0) is 12.1 Å². The molecule has 88 valence electrons. The highest BCUT2D eigenvalue weighted by atomic mass is 35.5. The molecule has 6 heteroatoms. The summed E-state index contributed by atoms with van der Waals surface area (Å²) in [4.78, 5) is 13.5. The van der Waals surface area contributed by atoms with Crippen LogP contribution in [0, 0.1) is 0 Å². The Morgan fingerprint density at radius 1 is 1.44 bits per heavy atom. The van der Waals surface area contributed by atoms with E-state index in [-0.39, 0.29) is 17.5 Å². The van der Waals surface area contributed by atoms with Crippen molar-refractivity contribution in [2.24, 2.45) is 0 Å². The number of nitrogens with zero attached hydrogens (tertiary/aromatic N) is 1. The molecule has 2 rings (SSSR count). The molecule has 0 unspecified atom stereocenters. The first-order chi connectivity index (χ1) is 7.56. The fraction of sp³-hybridized carbons (Fsp3) is 0.300. The third-order valence-corrected chi connectivity index (χ3v) is 4.55. The smallest absolute Gasteiger partial charge is 0.242 e. The molecule has 0 spiro atoms. The maximum absolute atomic E-state index is 11.6. The SMILES string of the molecule is O=C(CCl)N1CCS(O)(O)c2ccccc21. The van der Waals surface area contributed by atoms with Gasteiger partial charge in [0.1, 0.15) is 5.88 Å². The van der Waals surface area contributed by atoms with Crippen LogP contribution in [0.4, 0.5) is 5.69 Å². The molecule has 1 aliphatic rings. The number of carbonyl (C=O) groups excluding carboxylic acids is 1. The third-order valence-electron chi connectivity index (χ3n) is 2.52. The van der Waals surface area contributed by atoms with Crippen LogP contribution < -0.4 is 4.90 Å². The summed E-state index contributed by atoms with van der Waals surface area (Å²) in [5.41, 5.74) is 0.555. The second-order valence-corrected chi connectivity index (χ2v) is 5.97. The number of benzene rings is 1. The average Bonchev–Trinajstić information content (AvgIpc) is 2.28. The number of rotatable bonds is 1. The van der Waals surface area contributed by atoms with Crippen molar-refractivity contribution in [3.05, 3.63) is 24.3 Å². The van der Waals surface area contributed by atoms with E-state index >= 15 is 0 Å². The highest BCUT2D eigenvalue weighted by Gasteiger charge is 2.30. The Balaban J connectivity index is 2.47. The fourth-order valence-electron chi connectivity index (χ4n) is 1.74. The molecule has 0 bridgehead atoms. The number of halogens is 1. The average molecular weight is 262 g/mol. The molecule has 1 aliphatic heterocycles. The predicted octanol–water partition coefficient (Wildman–Crippen LogP) is 2.38. The van der Waals surface area contributed by atoms with E-state index in [0.717, 1.165) is 0 Å². The molecule has 1 aromatic carbocycles. The Bertz CT molecular complexity index is 424. The second-order valence-electron chi connectivity index (χ2n) is 3.52. The van der Waals surface area contributed by atoms with E-state index in [1.54, 1.807) is 24.3 Å². The predicted molar refractivity (Wildman–Crippen MR) is 65.5 cm³/mol. The number of amides is 1. The molecular weight excluding hydrogens is 250 g/mol. The standard InChI is InChI=1S/C10H12ClNO3S/c11-7-10(13)12-5-6-16(14,15)9-4-2-1-3-8(9)12/h1-4,14-15H,5-7H2. The number of carbonyl (C=O) groups is 1. The maximum Gasteiger partial charge on any atom is 0.242 e. The van der Waals surface area contributed by atoms with E-state index in [9.17, 15) is 13.9 Å². The summed E-state index contributed by atoms with van der Waals surface area (Å²) in [6.07, 6.45) is 0. The second kappa shape index (κ2) is 4.25. The first-order valence-electron chi connectivity index (χ1n) is 4.77. The van der Waals surface area contributed by atoms with Gasteiger partial charge in [0, 0.05) is 6.54 Å². The molecule has 0 fully saturated rings. The largest absolute Gasteiger partial charge is 0.308 e. The van der Waals surface area contributed by atoms with Gasteiger partial charge in [0.05, 0.1) is 16.3 Å². The highest BCUT2D eigenvalue weighted by Crippen LogP contribution is 2.54. The van der Waals surface area contributed by atoms with Gasteiger partial charge in [-0.15, -0.1) is 11.6 Å². The van der Waals surface area contributed by atoms with Gasteiger partial charge in [-0.25, -0.2) is 0 Å². The van der Waals surface area contributed by atoms with Crippen LogP contribution in [0.3, 0.4) is 0 Å². The van der Waals surface area contributed by atoms with Crippen molar-refractivity contribution >= 4 is 33.8 Å². The zero-order chi connectivity index (χ0) is 11.8. The molecule has 0 aromatic heterocycles. The Kier molecular flexibility index (Phi) is 3.12. The van der Waals surface area contributed by atoms with Gasteiger partial charge >= 0.3 is 0 Å². The molecular formula is C10H12ClNO3S. The van der Waals surface area contributed by atoms with Gasteiger partial charge in [-0.2, -0.15) is 10.6 Å². The molecule has 0 atom stereocenters. The molecule has 4 nitrogen and oxygen atoms in total. The zero-order valence-electron chi connectivity index (χ0n) is 8.47. The van der Waals surface area contributed by atoms with E-state index in [0.29, 0.717) is 17.1 Å². The van der Waals surface area contributed by atoms with Crippen molar-refractivity contribution in [3.8, 4) is 0 Å². The van der Waals surface area contributed by atoms with Crippen molar-refractivity contribution in [2.75, 3.05) is 23.1 Å². The Morgan fingerprint density at radius 2 is 2.12 bits per heavy atom. The Morgan fingerprint density at radius 3 is 2.81 bits per heavy atom. The fourth-order valence-corrected chi connectivity index (χ4v) is 3.35. The zero-order valence-corrected chi connectivity index (χ0v) is 10.0. The molecule has 0 aliphatic carbocycles.